The van der Waals surface area contributed by atoms with Gasteiger partial charge in [-0.25, -0.2) is 4.79 Å². The molecule has 0 atom stereocenters. The van der Waals surface area contributed by atoms with E-state index in [2.05, 4.69) is 34.9 Å². The molecule has 0 saturated heterocycles. The van der Waals surface area contributed by atoms with Crippen LogP contribution in [0.5, 0.6) is 0 Å². The van der Waals surface area contributed by atoms with Gasteiger partial charge in [-0.3, -0.25) is 9.59 Å². The standard InChI is InChI=1S/C27H32N2O5/c1-3-26(4-2,24(32)29-27(13-14-27)15-23(30)31)17-28-25(33)34-16-22-20-11-7-5-9-18(20)19-10-6-8-12-21(19)22/h5-12,22H,3-4,13-17H2,1-2H3,(H,28,33)(H,29,32)(H,30,31). The van der Waals surface area contributed by atoms with Crippen molar-refractivity contribution < 1.29 is 24.2 Å². The highest BCUT2D eigenvalue weighted by atomic mass is 16.5. The fourth-order valence-electron chi connectivity index (χ4n) is 4.95. The van der Waals surface area contributed by atoms with Crippen LogP contribution in [-0.4, -0.2) is 41.8 Å². The van der Waals surface area contributed by atoms with Crippen molar-refractivity contribution in [2.75, 3.05) is 13.2 Å². The molecule has 2 aromatic rings. The third-order valence-electron chi connectivity index (χ3n) is 7.47. The predicted molar refractivity (Wildman–Crippen MR) is 128 cm³/mol. The molecule has 4 rings (SSSR count). The van der Waals surface area contributed by atoms with Crippen molar-refractivity contribution in [1.82, 2.24) is 10.6 Å². The maximum Gasteiger partial charge on any atom is 0.407 e. The zero-order valence-corrected chi connectivity index (χ0v) is 19.7. The average Bonchev–Trinajstić information content (AvgIpc) is 3.50. The van der Waals surface area contributed by atoms with Crippen LogP contribution < -0.4 is 10.6 Å². The molecule has 2 aliphatic rings. The zero-order chi connectivity index (χ0) is 24.3. The van der Waals surface area contributed by atoms with E-state index in [0.717, 1.165) is 22.3 Å². The fraction of sp³-hybridized carbons (Fsp3) is 0.444. The lowest BCUT2D eigenvalue weighted by Crippen LogP contribution is -2.52. The molecule has 2 amide bonds. The third kappa shape index (κ3) is 4.65. The monoisotopic (exact) mass is 464 g/mol. The van der Waals surface area contributed by atoms with Crippen LogP contribution in [-0.2, 0) is 14.3 Å². The van der Waals surface area contributed by atoms with E-state index >= 15 is 0 Å². The molecular weight excluding hydrogens is 432 g/mol. The molecule has 0 radical (unpaired) electrons. The lowest BCUT2D eigenvalue weighted by atomic mass is 9.80. The number of carbonyl (C=O) groups excluding carboxylic acids is 2. The van der Waals surface area contributed by atoms with Crippen LogP contribution in [0.2, 0.25) is 0 Å². The Balaban J connectivity index is 1.37. The lowest BCUT2D eigenvalue weighted by Gasteiger charge is -2.32. The van der Waals surface area contributed by atoms with Gasteiger partial charge in [0.15, 0.2) is 0 Å². The van der Waals surface area contributed by atoms with Gasteiger partial charge in [0.25, 0.3) is 0 Å². The number of aliphatic carboxylic acids is 1. The molecular formula is C27H32N2O5. The number of carboxylic acids is 1. The smallest absolute Gasteiger partial charge is 0.407 e. The summed E-state index contributed by atoms with van der Waals surface area (Å²) in [7, 11) is 0. The zero-order valence-electron chi connectivity index (χ0n) is 19.7. The Labute approximate surface area is 199 Å². The number of carboxylic acid groups (broad SMARTS) is 1. The molecule has 180 valence electrons. The number of fused-ring (bicyclic) bond motifs is 3. The highest BCUT2D eigenvalue weighted by Gasteiger charge is 2.49. The van der Waals surface area contributed by atoms with E-state index in [1.54, 1.807) is 0 Å². The quantitative estimate of drug-likeness (QED) is 0.482. The van der Waals surface area contributed by atoms with Crippen LogP contribution in [0.15, 0.2) is 48.5 Å². The first kappa shape index (κ1) is 23.8. The number of benzene rings is 2. The Morgan fingerprint density at radius 2 is 1.56 bits per heavy atom. The molecule has 0 bridgehead atoms. The van der Waals surface area contributed by atoms with E-state index in [1.807, 2.05) is 38.1 Å². The van der Waals surface area contributed by atoms with Gasteiger partial charge >= 0.3 is 12.1 Å². The predicted octanol–water partition coefficient (Wildman–Crippen LogP) is 4.46. The third-order valence-corrected chi connectivity index (χ3v) is 7.47. The largest absolute Gasteiger partial charge is 0.481 e. The minimum Gasteiger partial charge on any atom is -0.481 e. The molecule has 1 fully saturated rings. The normalized spacial score (nSPS) is 15.7. The number of rotatable bonds is 10. The van der Waals surface area contributed by atoms with Gasteiger partial charge in [0.1, 0.15) is 6.61 Å². The van der Waals surface area contributed by atoms with Crippen LogP contribution in [0.4, 0.5) is 4.79 Å². The number of amides is 2. The van der Waals surface area contributed by atoms with E-state index in [-0.39, 0.29) is 31.4 Å². The molecule has 34 heavy (non-hydrogen) atoms. The molecule has 1 saturated carbocycles. The highest BCUT2D eigenvalue weighted by Crippen LogP contribution is 2.44. The Hall–Kier alpha value is -3.35. The van der Waals surface area contributed by atoms with Crippen molar-refractivity contribution in [2.24, 2.45) is 5.41 Å². The first-order chi connectivity index (χ1) is 16.3. The second-order valence-electron chi connectivity index (χ2n) is 9.47. The van der Waals surface area contributed by atoms with Crippen molar-refractivity contribution >= 4 is 18.0 Å². The maximum absolute atomic E-state index is 13.1. The van der Waals surface area contributed by atoms with Crippen molar-refractivity contribution in [3.05, 3.63) is 59.7 Å². The van der Waals surface area contributed by atoms with E-state index in [9.17, 15) is 14.4 Å². The summed E-state index contributed by atoms with van der Waals surface area (Å²) >= 11 is 0. The molecule has 2 aliphatic carbocycles. The highest BCUT2D eigenvalue weighted by molar-refractivity contribution is 5.85. The van der Waals surface area contributed by atoms with Gasteiger partial charge in [0.05, 0.1) is 17.4 Å². The SMILES string of the molecule is CCC(CC)(CNC(=O)OCC1c2ccccc2-c2ccccc21)C(=O)NC1(CC(=O)O)CC1. The van der Waals surface area contributed by atoms with Gasteiger partial charge in [0, 0.05) is 12.5 Å². The first-order valence-corrected chi connectivity index (χ1v) is 12.0. The van der Waals surface area contributed by atoms with Crippen molar-refractivity contribution in [3.63, 3.8) is 0 Å². The van der Waals surface area contributed by atoms with E-state index in [0.29, 0.717) is 25.7 Å². The Kier molecular flexibility index (Phi) is 6.64. The summed E-state index contributed by atoms with van der Waals surface area (Å²) < 4.78 is 5.61. The van der Waals surface area contributed by atoms with Gasteiger partial charge in [-0.15, -0.1) is 0 Å². The van der Waals surface area contributed by atoms with Gasteiger partial charge < -0.3 is 20.5 Å². The van der Waals surface area contributed by atoms with Crippen molar-refractivity contribution in [3.8, 4) is 11.1 Å². The van der Waals surface area contributed by atoms with Gasteiger partial charge in [-0.1, -0.05) is 62.4 Å². The summed E-state index contributed by atoms with van der Waals surface area (Å²) in [6, 6.07) is 16.3. The average molecular weight is 465 g/mol. The number of hydrogen-bond donors (Lipinski definition) is 3. The van der Waals surface area contributed by atoms with Crippen LogP contribution in [0.1, 0.15) is 63.0 Å². The van der Waals surface area contributed by atoms with Gasteiger partial charge in [-0.2, -0.15) is 0 Å². The minimum atomic E-state index is -0.923. The summed E-state index contributed by atoms with van der Waals surface area (Å²) in [5, 5.41) is 14.9. The fourth-order valence-corrected chi connectivity index (χ4v) is 4.95. The second kappa shape index (κ2) is 9.49. The summed E-state index contributed by atoms with van der Waals surface area (Å²) in [4.78, 5) is 36.9. The van der Waals surface area contributed by atoms with E-state index in [1.165, 1.54) is 0 Å². The summed E-state index contributed by atoms with van der Waals surface area (Å²) in [6.45, 7) is 4.14. The van der Waals surface area contributed by atoms with Crippen LogP contribution in [0, 0.1) is 5.41 Å². The number of alkyl carbamates (subject to hydrolysis) is 1. The molecule has 0 spiro atoms. The minimum absolute atomic E-state index is 0.0331. The molecule has 0 unspecified atom stereocenters. The summed E-state index contributed by atoms with van der Waals surface area (Å²) in [5.74, 6) is -1.17. The van der Waals surface area contributed by atoms with Crippen molar-refractivity contribution in [1.29, 1.82) is 0 Å². The number of nitrogens with one attached hydrogen (secondary N) is 2. The molecule has 0 aromatic heterocycles. The second-order valence-corrected chi connectivity index (χ2v) is 9.47. The summed E-state index contributed by atoms with van der Waals surface area (Å²) in [5.41, 5.74) is 3.13. The molecule has 2 aromatic carbocycles. The lowest BCUT2D eigenvalue weighted by molar-refractivity contribution is -0.138. The van der Waals surface area contributed by atoms with E-state index < -0.39 is 23.0 Å². The van der Waals surface area contributed by atoms with E-state index in [4.69, 9.17) is 9.84 Å². The Morgan fingerprint density at radius 1 is 1.00 bits per heavy atom. The number of carbonyl (C=O) groups is 3. The Bertz CT molecular complexity index is 1040. The number of ether oxygens (including phenoxy) is 1. The van der Waals surface area contributed by atoms with Gasteiger partial charge in [-0.05, 0) is 47.9 Å². The van der Waals surface area contributed by atoms with Crippen LogP contribution >= 0.6 is 0 Å². The van der Waals surface area contributed by atoms with Crippen LogP contribution in [0.3, 0.4) is 0 Å². The molecule has 0 heterocycles. The molecule has 3 N–H and O–H groups in total. The van der Waals surface area contributed by atoms with Gasteiger partial charge in [0.2, 0.25) is 5.91 Å². The molecule has 7 heteroatoms. The van der Waals surface area contributed by atoms with Crippen molar-refractivity contribution in [2.45, 2.75) is 57.4 Å². The molecule has 0 aliphatic heterocycles. The summed E-state index contributed by atoms with van der Waals surface area (Å²) in [6.07, 6.45) is 1.71. The topological polar surface area (TPSA) is 105 Å². The maximum atomic E-state index is 13.1. The first-order valence-electron chi connectivity index (χ1n) is 12.0. The van der Waals surface area contributed by atoms with Crippen LogP contribution in [0.25, 0.3) is 11.1 Å². The molecule has 7 nitrogen and oxygen atoms in total. The number of hydrogen-bond acceptors (Lipinski definition) is 4. The Morgan fingerprint density at radius 3 is 2.06 bits per heavy atom.